The number of nitrogens with one attached hydrogen (secondary N) is 2. The van der Waals surface area contributed by atoms with E-state index >= 15 is 0 Å². The van der Waals surface area contributed by atoms with Gasteiger partial charge in [-0.2, -0.15) is 0 Å². The number of methoxy groups -OCH3 is 1. The predicted octanol–water partition coefficient (Wildman–Crippen LogP) is 2.52. The maximum atomic E-state index is 5.25. The maximum Gasteiger partial charge on any atom is 0.171 e. The van der Waals surface area contributed by atoms with Crippen molar-refractivity contribution < 1.29 is 4.74 Å². The van der Waals surface area contributed by atoms with Gasteiger partial charge in [-0.1, -0.05) is 0 Å². The van der Waals surface area contributed by atoms with Crippen molar-refractivity contribution in [2.75, 3.05) is 12.4 Å². The van der Waals surface area contributed by atoms with E-state index in [0.29, 0.717) is 11.7 Å². The highest BCUT2D eigenvalue weighted by atomic mass is 32.1. The monoisotopic (exact) mass is 275 g/mol. The summed E-state index contributed by atoms with van der Waals surface area (Å²) in [6.45, 7) is 0.700. The molecule has 0 unspecified atom stereocenters. The highest BCUT2D eigenvalue weighted by Crippen LogP contribution is 2.14. The zero-order valence-corrected chi connectivity index (χ0v) is 11.8. The molecule has 2 N–H and O–H groups in total. The first-order valence-electron chi connectivity index (χ1n) is 5.98. The van der Waals surface area contributed by atoms with Gasteiger partial charge in [0.2, 0.25) is 0 Å². The smallest absolute Gasteiger partial charge is 0.171 e. The molecule has 1 heterocycles. The summed E-state index contributed by atoms with van der Waals surface area (Å²) in [5, 5.41) is 6.90. The lowest BCUT2D eigenvalue weighted by molar-refractivity contribution is 0.415. The molecule has 0 fully saturated rings. The van der Waals surface area contributed by atoms with Gasteiger partial charge >= 0.3 is 0 Å². The summed E-state index contributed by atoms with van der Waals surface area (Å²) in [7, 11) is 3.66. The molecule has 1 aromatic carbocycles. The highest BCUT2D eigenvalue weighted by Gasteiger charge is 2.00. The van der Waals surface area contributed by atoms with Crippen LogP contribution >= 0.6 is 12.2 Å². The van der Waals surface area contributed by atoms with E-state index in [9.17, 15) is 0 Å². The minimum absolute atomic E-state index is 0.603. The van der Waals surface area contributed by atoms with Crippen LogP contribution in [0.2, 0.25) is 0 Å². The third-order valence-corrected chi connectivity index (χ3v) is 3.08. The lowest BCUT2D eigenvalue weighted by Crippen LogP contribution is -2.28. The second-order valence-corrected chi connectivity index (χ2v) is 4.55. The van der Waals surface area contributed by atoms with Crippen molar-refractivity contribution in [2.45, 2.75) is 6.54 Å². The molecule has 5 heteroatoms. The number of hydrogen-bond donors (Lipinski definition) is 2. The van der Waals surface area contributed by atoms with Gasteiger partial charge in [-0.05, 0) is 48.6 Å². The minimum atomic E-state index is 0.603. The van der Waals surface area contributed by atoms with Crippen LogP contribution in [-0.2, 0) is 13.6 Å². The molecule has 0 saturated heterocycles. The van der Waals surface area contributed by atoms with Gasteiger partial charge in [-0.3, -0.25) is 0 Å². The molecule has 0 radical (unpaired) electrons. The second kappa shape index (κ2) is 6.24. The minimum Gasteiger partial charge on any atom is -0.497 e. The summed E-state index contributed by atoms with van der Waals surface area (Å²) in [6, 6.07) is 11.7. The van der Waals surface area contributed by atoms with Crippen molar-refractivity contribution in [3.05, 3.63) is 48.3 Å². The van der Waals surface area contributed by atoms with Crippen molar-refractivity contribution in [3.8, 4) is 5.75 Å². The molecule has 0 bridgehead atoms. The topological polar surface area (TPSA) is 38.2 Å². The van der Waals surface area contributed by atoms with Gasteiger partial charge in [0.1, 0.15) is 5.75 Å². The van der Waals surface area contributed by atoms with E-state index in [-0.39, 0.29) is 0 Å². The number of thiocarbonyl (C=S) groups is 1. The molecule has 19 heavy (non-hydrogen) atoms. The Kier molecular flexibility index (Phi) is 4.41. The fourth-order valence-corrected chi connectivity index (χ4v) is 1.89. The first kappa shape index (κ1) is 13.4. The van der Waals surface area contributed by atoms with Crippen LogP contribution in [0.25, 0.3) is 0 Å². The van der Waals surface area contributed by atoms with Gasteiger partial charge in [0.25, 0.3) is 0 Å². The van der Waals surface area contributed by atoms with E-state index in [2.05, 4.69) is 21.3 Å². The molecular weight excluding hydrogens is 258 g/mol. The van der Waals surface area contributed by atoms with E-state index in [1.54, 1.807) is 7.11 Å². The van der Waals surface area contributed by atoms with E-state index in [0.717, 1.165) is 11.4 Å². The number of nitrogens with zero attached hydrogens (tertiary/aromatic N) is 1. The lowest BCUT2D eigenvalue weighted by Gasteiger charge is -2.11. The summed E-state index contributed by atoms with van der Waals surface area (Å²) < 4.78 is 7.16. The Morgan fingerprint density at radius 1 is 1.26 bits per heavy atom. The Morgan fingerprint density at radius 3 is 2.58 bits per heavy atom. The first-order valence-corrected chi connectivity index (χ1v) is 6.39. The molecule has 0 aliphatic carbocycles. The van der Waals surface area contributed by atoms with E-state index in [1.807, 2.05) is 43.6 Å². The zero-order chi connectivity index (χ0) is 13.7. The van der Waals surface area contributed by atoms with Gasteiger partial charge in [-0.15, -0.1) is 0 Å². The molecule has 0 saturated carbocycles. The number of aromatic nitrogens is 1. The summed E-state index contributed by atoms with van der Waals surface area (Å²) in [6.07, 6.45) is 2.01. The van der Waals surface area contributed by atoms with E-state index < -0.39 is 0 Å². The number of aryl methyl sites for hydroxylation is 1. The molecule has 0 amide bonds. The molecule has 1 aromatic heterocycles. The quantitative estimate of drug-likeness (QED) is 0.841. The average Bonchev–Trinajstić information content (AvgIpc) is 2.83. The van der Waals surface area contributed by atoms with Crippen LogP contribution in [0.5, 0.6) is 5.75 Å². The lowest BCUT2D eigenvalue weighted by atomic mass is 10.3. The first-order chi connectivity index (χ1) is 9.19. The van der Waals surface area contributed by atoms with Crippen LogP contribution in [0.15, 0.2) is 42.6 Å². The van der Waals surface area contributed by atoms with Crippen molar-refractivity contribution >= 4 is 23.0 Å². The van der Waals surface area contributed by atoms with Crippen molar-refractivity contribution in [3.63, 3.8) is 0 Å². The molecule has 0 aliphatic rings. The van der Waals surface area contributed by atoms with Gasteiger partial charge < -0.3 is 19.9 Å². The SMILES string of the molecule is COc1ccc(NC(=S)NCc2cccn2C)cc1. The number of ether oxygens (including phenoxy) is 1. The molecular formula is C14H17N3OS. The van der Waals surface area contributed by atoms with Gasteiger partial charge in [0.05, 0.1) is 13.7 Å². The molecule has 0 aliphatic heterocycles. The zero-order valence-electron chi connectivity index (χ0n) is 11.0. The van der Waals surface area contributed by atoms with Crippen LogP contribution in [0, 0.1) is 0 Å². The summed E-state index contributed by atoms with van der Waals surface area (Å²) in [5.74, 6) is 0.827. The predicted molar refractivity (Wildman–Crippen MR) is 81.5 cm³/mol. The highest BCUT2D eigenvalue weighted by molar-refractivity contribution is 7.80. The molecule has 2 aromatic rings. The maximum absolute atomic E-state index is 5.25. The van der Waals surface area contributed by atoms with Crippen LogP contribution in [0.1, 0.15) is 5.69 Å². The van der Waals surface area contributed by atoms with Crippen LogP contribution in [0.4, 0.5) is 5.69 Å². The Labute approximate surface area is 118 Å². The van der Waals surface area contributed by atoms with Crippen LogP contribution in [-0.4, -0.2) is 16.8 Å². The molecule has 100 valence electrons. The normalized spacial score (nSPS) is 10.0. The van der Waals surface area contributed by atoms with Crippen molar-refractivity contribution in [2.24, 2.45) is 7.05 Å². The fourth-order valence-electron chi connectivity index (χ4n) is 1.70. The Balaban J connectivity index is 1.85. The largest absolute Gasteiger partial charge is 0.497 e. The second-order valence-electron chi connectivity index (χ2n) is 4.15. The number of hydrogen-bond acceptors (Lipinski definition) is 2. The molecule has 2 rings (SSSR count). The fraction of sp³-hybridized carbons (Fsp3) is 0.214. The van der Waals surface area contributed by atoms with E-state index in [4.69, 9.17) is 17.0 Å². The summed E-state index contributed by atoms with van der Waals surface area (Å²) >= 11 is 5.25. The Hall–Kier alpha value is -2.01. The number of anilines is 1. The average molecular weight is 275 g/mol. The summed E-state index contributed by atoms with van der Waals surface area (Å²) in [5.41, 5.74) is 2.11. The number of benzene rings is 1. The van der Waals surface area contributed by atoms with Crippen LogP contribution in [0.3, 0.4) is 0 Å². The molecule has 0 spiro atoms. The van der Waals surface area contributed by atoms with Crippen molar-refractivity contribution in [1.29, 1.82) is 0 Å². The van der Waals surface area contributed by atoms with Gasteiger partial charge in [0, 0.05) is 24.6 Å². The van der Waals surface area contributed by atoms with Crippen molar-refractivity contribution in [1.82, 2.24) is 9.88 Å². The summed E-state index contributed by atoms with van der Waals surface area (Å²) in [4.78, 5) is 0. The molecule has 0 atom stereocenters. The standard InChI is InChI=1S/C14H17N3OS/c1-17-9-3-4-12(17)10-15-14(19)16-11-5-7-13(18-2)8-6-11/h3-9H,10H2,1-2H3,(H2,15,16,19). The third kappa shape index (κ3) is 3.72. The Morgan fingerprint density at radius 2 is 2.00 bits per heavy atom. The van der Waals surface area contributed by atoms with Gasteiger partial charge in [0.15, 0.2) is 5.11 Å². The number of rotatable bonds is 4. The van der Waals surface area contributed by atoms with E-state index in [1.165, 1.54) is 5.69 Å². The third-order valence-electron chi connectivity index (χ3n) is 2.83. The van der Waals surface area contributed by atoms with Crippen LogP contribution < -0.4 is 15.4 Å². The molecule has 4 nitrogen and oxygen atoms in total. The Bertz CT molecular complexity index is 548. The van der Waals surface area contributed by atoms with Gasteiger partial charge in [-0.25, -0.2) is 0 Å².